The van der Waals surface area contributed by atoms with Crippen molar-refractivity contribution in [2.24, 2.45) is 5.92 Å². The van der Waals surface area contributed by atoms with Gasteiger partial charge in [0.05, 0.1) is 5.92 Å². The minimum absolute atomic E-state index is 0.0561. The zero-order valence-corrected chi connectivity index (χ0v) is 13.5. The van der Waals surface area contributed by atoms with Crippen LogP contribution in [-0.2, 0) is 6.42 Å². The van der Waals surface area contributed by atoms with Gasteiger partial charge in [-0.1, -0.05) is 24.3 Å². The van der Waals surface area contributed by atoms with Gasteiger partial charge in [0.25, 0.3) is 0 Å². The monoisotopic (exact) mass is 339 g/mol. The van der Waals surface area contributed by atoms with Gasteiger partial charge >= 0.3 is 0 Å². The molecule has 1 fully saturated rings. The number of ketones is 1. The zero-order chi connectivity index (χ0) is 17.6. The smallest absolute Gasteiger partial charge is 0.189 e. The van der Waals surface area contributed by atoms with Gasteiger partial charge in [0.1, 0.15) is 17.5 Å². The Morgan fingerprint density at radius 1 is 1.32 bits per heavy atom. The normalized spacial score (nSPS) is 19.3. The Morgan fingerprint density at radius 2 is 2.08 bits per heavy atom. The fourth-order valence-electron chi connectivity index (χ4n) is 3.22. The van der Waals surface area contributed by atoms with Gasteiger partial charge in [0.15, 0.2) is 11.6 Å². The first kappa shape index (κ1) is 15.8. The number of hydrogen-bond donors (Lipinski definition) is 2. The van der Waals surface area contributed by atoms with Crippen molar-refractivity contribution in [3.8, 4) is 11.1 Å². The molecule has 1 aromatic carbocycles. The number of carbonyl (C=O) groups excluding carboxylic acids is 1. The van der Waals surface area contributed by atoms with Crippen LogP contribution in [0.15, 0.2) is 42.6 Å². The second-order valence-electron chi connectivity index (χ2n) is 6.34. The standard InChI is InChI=1S/C19H18FN3O2/c20-15-9-14(15)18(25)17-19(21)22-16-6-5-12(10-23(16)17)13-4-2-1-3-11(13)7-8-24/h1-6,10,14-15,24H,7-9,21H2/t14-,15+/m1/s1. The van der Waals surface area contributed by atoms with E-state index in [1.54, 1.807) is 16.7 Å². The summed E-state index contributed by atoms with van der Waals surface area (Å²) < 4.78 is 15.0. The summed E-state index contributed by atoms with van der Waals surface area (Å²) in [5.74, 6) is -0.768. The summed E-state index contributed by atoms with van der Waals surface area (Å²) >= 11 is 0. The van der Waals surface area contributed by atoms with Crippen molar-refractivity contribution in [3.63, 3.8) is 0 Å². The molecule has 0 unspecified atom stereocenters. The average Bonchev–Trinajstić information content (AvgIpc) is 3.24. The lowest BCUT2D eigenvalue weighted by molar-refractivity contribution is 0.0952. The lowest BCUT2D eigenvalue weighted by atomic mass is 9.99. The van der Waals surface area contributed by atoms with E-state index in [9.17, 15) is 14.3 Å². The second-order valence-corrected chi connectivity index (χ2v) is 6.34. The lowest BCUT2D eigenvalue weighted by Gasteiger charge is -2.10. The van der Waals surface area contributed by atoms with E-state index in [4.69, 9.17) is 5.73 Å². The van der Waals surface area contributed by atoms with Crippen LogP contribution < -0.4 is 5.73 Å². The van der Waals surface area contributed by atoms with E-state index in [2.05, 4.69) is 4.98 Å². The van der Waals surface area contributed by atoms with E-state index in [0.29, 0.717) is 12.1 Å². The van der Waals surface area contributed by atoms with E-state index in [1.807, 2.05) is 30.3 Å². The van der Waals surface area contributed by atoms with E-state index in [-0.39, 0.29) is 30.3 Å². The number of imidazole rings is 1. The number of benzene rings is 1. The first-order valence-corrected chi connectivity index (χ1v) is 8.25. The maximum atomic E-state index is 13.3. The highest BCUT2D eigenvalue weighted by Gasteiger charge is 2.45. The predicted octanol–water partition coefficient (Wildman–Crippen LogP) is 2.66. The maximum Gasteiger partial charge on any atom is 0.189 e. The maximum absolute atomic E-state index is 13.3. The van der Waals surface area contributed by atoms with Gasteiger partial charge in [0.2, 0.25) is 0 Å². The fraction of sp³-hybridized carbons (Fsp3) is 0.263. The molecule has 5 nitrogen and oxygen atoms in total. The average molecular weight is 339 g/mol. The Morgan fingerprint density at radius 3 is 2.80 bits per heavy atom. The van der Waals surface area contributed by atoms with Crippen molar-refractivity contribution >= 4 is 17.2 Å². The summed E-state index contributed by atoms with van der Waals surface area (Å²) in [4.78, 5) is 16.7. The highest BCUT2D eigenvalue weighted by Crippen LogP contribution is 2.38. The Kier molecular flexibility index (Phi) is 3.77. The number of rotatable bonds is 5. The van der Waals surface area contributed by atoms with Crippen LogP contribution in [0.4, 0.5) is 10.2 Å². The van der Waals surface area contributed by atoms with Crippen LogP contribution in [0.25, 0.3) is 16.8 Å². The quantitative estimate of drug-likeness (QED) is 0.700. The molecule has 0 bridgehead atoms. The molecule has 1 aliphatic carbocycles. The molecule has 2 heterocycles. The Hall–Kier alpha value is -2.73. The van der Waals surface area contributed by atoms with Crippen LogP contribution in [0.3, 0.4) is 0 Å². The number of nitrogens with zero attached hydrogens (tertiary/aromatic N) is 2. The molecule has 3 aromatic rings. The third kappa shape index (κ3) is 2.68. The van der Waals surface area contributed by atoms with Crippen LogP contribution in [0.1, 0.15) is 22.5 Å². The molecule has 4 rings (SSSR count). The number of halogens is 1. The van der Waals surface area contributed by atoms with Gasteiger partial charge in [0, 0.05) is 12.8 Å². The summed E-state index contributed by atoms with van der Waals surface area (Å²) in [5, 5.41) is 9.26. The van der Waals surface area contributed by atoms with Crippen molar-refractivity contribution in [1.82, 2.24) is 9.38 Å². The summed E-state index contributed by atoms with van der Waals surface area (Å²) in [6.45, 7) is 0.0561. The Bertz CT molecular complexity index is 966. The molecule has 6 heteroatoms. The number of Topliss-reactive ketones (excluding diaryl/α,β-unsaturated/α-hetero) is 1. The molecular weight excluding hydrogens is 321 g/mol. The molecular formula is C19H18FN3O2. The highest BCUT2D eigenvalue weighted by molar-refractivity contribution is 6.03. The first-order valence-electron chi connectivity index (χ1n) is 8.25. The summed E-state index contributed by atoms with van der Waals surface area (Å²) in [5.41, 5.74) is 9.60. The molecule has 2 aromatic heterocycles. The largest absolute Gasteiger partial charge is 0.396 e. The zero-order valence-electron chi connectivity index (χ0n) is 13.5. The topological polar surface area (TPSA) is 80.6 Å². The number of anilines is 1. The Labute approximate surface area is 143 Å². The SMILES string of the molecule is Nc1nc2ccc(-c3ccccc3CCO)cn2c1C(=O)[C@@H]1C[C@@H]1F. The summed E-state index contributed by atoms with van der Waals surface area (Å²) in [6.07, 6.45) is 1.52. The van der Waals surface area contributed by atoms with Gasteiger partial charge in [-0.15, -0.1) is 0 Å². The Balaban J connectivity index is 1.84. The minimum Gasteiger partial charge on any atom is -0.396 e. The molecule has 0 saturated heterocycles. The van der Waals surface area contributed by atoms with Crippen LogP contribution in [0.5, 0.6) is 0 Å². The van der Waals surface area contributed by atoms with Crippen LogP contribution in [-0.4, -0.2) is 33.1 Å². The van der Waals surface area contributed by atoms with E-state index < -0.39 is 12.1 Å². The van der Waals surface area contributed by atoms with Crippen molar-refractivity contribution in [1.29, 1.82) is 0 Å². The van der Waals surface area contributed by atoms with Crippen LogP contribution >= 0.6 is 0 Å². The van der Waals surface area contributed by atoms with E-state index in [1.165, 1.54) is 0 Å². The third-order valence-electron chi connectivity index (χ3n) is 4.64. The van der Waals surface area contributed by atoms with Crippen molar-refractivity contribution in [3.05, 3.63) is 53.9 Å². The predicted molar refractivity (Wildman–Crippen MR) is 93.2 cm³/mol. The lowest BCUT2D eigenvalue weighted by Crippen LogP contribution is -2.10. The van der Waals surface area contributed by atoms with Crippen molar-refractivity contribution in [2.75, 3.05) is 12.3 Å². The fourth-order valence-corrected chi connectivity index (χ4v) is 3.22. The van der Waals surface area contributed by atoms with E-state index >= 15 is 0 Å². The number of fused-ring (bicyclic) bond motifs is 1. The number of nitrogen functional groups attached to an aromatic ring is 1. The number of nitrogens with two attached hydrogens (primary N) is 1. The minimum atomic E-state index is -1.08. The number of alkyl halides is 1. The van der Waals surface area contributed by atoms with Crippen LogP contribution in [0.2, 0.25) is 0 Å². The molecule has 0 spiro atoms. The highest BCUT2D eigenvalue weighted by atomic mass is 19.1. The number of aromatic nitrogens is 2. The molecule has 0 radical (unpaired) electrons. The van der Waals surface area contributed by atoms with Gasteiger partial charge < -0.3 is 10.8 Å². The number of carbonyl (C=O) groups is 1. The summed E-state index contributed by atoms with van der Waals surface area (Å²) in [7, 11) is 0. The van der Waals surface area contributed by atoms with Gasteiger partial charge in [-0.3, -0.25) is 9.20 Å². The van der Waals surface area contributed by atoms with Crippen LogP contribution in [0, 0.1) is 5.92 Å². The van der Waals surface area contributed by atoms with Crippen molar-refractivity contribution in [2.45, 2.75) is 19.0 Å². The van der Waals surface area contributed by atoms with Gasteiger partial charge in [-0.2, -0.15) is 0 Å². The molecule has 25 heavy (non-hydrogen) atoms. The second kappa shape index (κ2) is 5.97. The van der Waals surface area contributed by atoms with Gasteiger partial charge in [-0.05, 0) is 41.7 Å². The third-order valence-corrected chi connectivity index (χ3v) is 4.64. The number of aliphatic hydroxyl groups is 1. The molecule has 0 amide bonds. The number of hydrogen-bond acceptors (Lipinski definition) is 4. The molecule has 0 aliphatic heterocycles. The molecule has 3 N–H and O–H groups in total. The molecule has 128 valence electrons. The number of aliphatic hydroxyl groups excluding tert-OH is 1. The number of pyridine rings is 1. The summed E-state index contributed by atoms with van der Waals surface area (Å²) in [6, 6.07) is 11.5. The van der Waals surface area contributed by atoms with Gasteiger partial charge in [-0.25, -0.2) is 9.37 Å². The molecule has 2 atom stereocenters. The molecule has 1 saturated carbocycles. The van der Waals surface area contributed by atoms with E-state index in [0.717, 1.165) is 16.7 Å². The molecule has 1 aliphatic rings. The van der Waals surface area contributed by atoms with Crippen molar-refractivity contribution < 1.29 is 14.3 Å². The first-order chi connectivity index (χ1) is 12.1.